The van der Waals surface area contributed by atoms with Crippen LogP contribution in [0.4, 0.5) is 37.6 Å². The van der Waals surface area contributed by atoms with Crippen molar-refractivity contribution >= 4 is 74.0 Å². The number of anilines is 5. The molecule has 18 heteroatoms. The van der Waals surface area contributed by atoms with Crippen molar-refractivity contribution in [3.8, 4) is 5.75 Å². The first-order valence-corrected chi connectivity index (χ1v) is 21.9. The number of fused-ring (bicyclic) bond motifs is 4. The van der Waals surface area contributed by atoms with E-state index in [4.69, 9.17) is 26.4 Å². The average Bonchev–Trinajstić information content (AvgIpc) is 4.06. The third-order valence-corrected chi connectivity index (χ3v) is 13.9. The summed E-state index contributed by atoms with van der Waals surface area (Å²) in [5, 5.41) is 15.4. The summed E-state index contributed by atoms with van der Waals surface area (Å²) >= 11 is 6.66. The first kappa shape index (κ1) is 40.5. The third kappa shape index (κ3) is 7.46. The Morgan fingerprint density at radius 3 is 2.52 bits per heavy atom. The fraction of sp³-hybridized carbons (Fsp3) is 0.500. The predicted octanol–water partition coefficient (Wildman–Crippen LogP) is 5.64. The monoisotopic (exact) mass is 869 g/mol. The van der Waals surface area contributed by atoms with E-state index in [-0.39, 0.29) is 29.2 Å². The van der Waals surface area contributed by atoms with Gasteiger partial charge < -0.3 is 29.7 Å². The van der Waals surface area contributed by atoms with E-state index in [2.05, 4.69) is 60.8 Å². The number of aryl methyl sites for hydroxylation is 2. The number of pyridine rings is 1. The molecule has 15 nitrogen and oxygen atoms in total. The first-order valence-electron chi connectivity index (χ1n) is 21.6. The molecule has 4 aliphatic heterocycles. The van der Waals surface area contributed by atoms with Crippen LogP contribution < -0.4 is 36.0 Å². The van der Waals surface area contributed by atoms with Gasteiger partial charge in [-0.2, -0.15) is 10.1 Å². The molecule has 1 unspecified atom stereocenters. The highest BCUT2D eigenvalue weighted by atomic mass is 35.5. The summed E-state index contributed by atoms with van der Waals surface area (Å²) in [6.07, 6.45) is 4.78. The molecule has 5 aliphatic rings. The lowest BCUT2D eigenvalue weighted by Crippen LogP contribution is -2.50. The summed E-state index contributed by atoms with van der Waals surface area (Å²) < 4.78 is 39.1. The Morgan fingerprint density at radius 2 is 1.76 bits per heavy atom. The molecule has 4 atom stereocenters. The maximum absolute atomic E-state index is 15.2. The zero-order valence-electron chi connectivity index (χ0n) is 35.0. The van der Waals surface area contributed by atoms with Crippen LogP contribution in [0.25, 0.3) is 21.8 Å². The van der Waals surface area contributed by atoms with Gasteiger partial charge in [0.05, 0.1) is 40.6 Å². The Balaban J connectivity index is 0.777. The lowest BCUT2D eigenvalue weighted by atomic mass is 9.86. The maximum Gasteiger partial charge on any atom is 0.301 e. The number of nitrogens with zero attached hydrogens (tertiary/aromatic N) is 8. The van der Waals surface area contributed by atoms with Gasteiger partial charge in [-0.3, -0.25) is 29.3 Å². The number of imide groups is 1. The van der Waals surface area contributed by atoms with Gasteiger partial charge in [-0.05, 0) is 79.8 Å². The minimum absolute atomic E-state index is 0.106. The largest absolute Gasteiger partial charge is 0.480 e. The highest BCUT2D eigenvalue weighted by Gasteiger charge is 2.51. The molecule has 1 aliphatic carbocycles. The van der Waals surface area contributed by atoms with Crippen LogP contribution in [0.1, 0.15) is 50.6 Å². The van der Waals surface area contributed by atoms with Crippen molar-refractivity contribution in [3.05, 3.63) is 63.7 Å². The standard InChI is InChI=1S/C44H50ClF2N11O4/c1-24-21-58(13-12-26(24)22-56-14-16-57(17-15-56)28-7-8-29-34(19-28)55(3)53-36(29)30-9-11-35(59)50-41(30)60)43-48-20-32(45)40(52-43)49-27-6-10-33-31(18-27)37-38(42(61)54(33)2)62-23-44(46,47)39(51-37)25-4-5-25/h6-8,10,18-20,24-26,30,39,51H,4-5,9,11-17,21-23H2,1-3H3,(H,48,49,52)(H,50,59,60)/t24-,26+,30?,39+/m1/s1. The molecule has 10 rings (SSSR count). The Labute approximate surface area is 361 Å². The molecule has 3 saturated heterocycles. The number of hydrogen-bond acceptors (Lipinski definition) is 12. The lowest BCUT2D eigenvalue weighted by Gasteiger charge is -2.42. The zero-order chi connectivity index (χ0) is 43.0. The van der Waals surface area contributed by atoms with Gasteiger partial charge in [-0.25, -0.2) is 13.8 Å². The Morgan fingerprint density at radius 1 is 0.952 bits per heavy atom. The maximum atomic E-state index is 15.2. The van der Waals surface area contributed by atoms with Gasteiger partial charge in [0.2, 0.25) is 23.5 Å². The van der Waals surface area contributed by atoms with Gasteiger partial charge in [0.15, 0.2) is 12.4 Å². The molecule has 326 valence electrons. The van der Waals surface area contributed by atoms with Gasteiger partial charge in [0.1, 0.15) is 5.02 Å². The van der Waals surface area contributed by atoms with Crippen LogP contribution in [0.3, 0.4) is 0 Å². The van der Waals surface area contributed by atoms with Crippen LogP contribution in [0.5, 0.6) is 5.75 Å². The quantitative estimate of drug-likeness (QED) is 0.166. The van der Waals surface area contributed by atoms with E-state index >= 15 is 8.78 Å². The van der Waals surface area contributed by atoms with E-state index in [1.165, 1.54) is 4.57 Å². The Hall–Kier alpha value is -5.55. The minimum Gasteiger partial charge on any atom is -0.480 e. The van der Waals surface area contributed by atoms with Crippen LogP contribution in [-0.4, -0.2) is 105 Å². The van der Waals surface area contributed by atoms with Crippen molar-refractivity contribution in [2.75, 3.05) is 72.9 Å². The number of rotatable bonds is 8. The molecule has 2 aromatic carbocycles. The molecule has 1 saturated carbocycles. The number of carbonyl (C=O) groups excluding carboxylic acids is 2. The zero-order valence-corrected chi connectivity index (χ0v) is 35.7. The molecule has 62 heavy (non-hydrogen) atoms. The summed E-state index contributed by atoms with van der Waals surface area (Å²) in [6, 6.07) is 10.6. The Kier molecular flexibility index (Phi) is 10.2. The van der Waals surface area contributed by atoms with Crippen molar-refractivity contribution in [2.24, 2.45) is 31.8 Å². The average molecular weight is 870 g/mol. The van der Waals surface area contributed by atoms with E-state index in [9.17, 15) is 14.4 Å². The molecule has 0 bridgehead atoms. The fourth-order valence-corrected chi connectivity index (χ4v) is 10.0. The number of aromatic nitrogens is 5. The molecule has 2 amide bonds. The smallest absolute Gasteiger partial charge is 0.301 e. The van der Waals surface area contributed by atoms with Gasteiger partial charge >= 0.3 is 5.92 Å². The summed E-state index contributed by atoms with van der Waals surface area (Å²) in [5.74, 6) is -2.45. The molecule has 0 spiro atoms. The van der Waals surface area contributed by atoms with Crippen molar-refractivity contribution in [1.82, 2.24) is 34.5 Å². The van der Waals surface area contributed by atoms with Crippen LogP contribution in [0, 0.1) is 17.8 Å². The topological polar surface area (TPSA) is 155 Å². The van der Waals surface area contributed by atoms with Crippen molar-refractivity contribution in [3.63, 3.8) is 0 Å². The predicted molar refractivity (Wildman–Crippen MR) is 234 cm³/mol. The number of nitrogens with one attached hydrogen (secondary N) is 3. The number of benzene rings is 2. The molecule has 5 aromatic rings. The highest BCUT2D eigenvalue weighted by Crippen LogP contribution is 2.46. The number of hydrogen-bond donors (Lipinski definition) is 3. The normalized spacial score (nSPS) is 24.4. The molecule has 3 N–H and O–H groups in total. The SMILES string of the molecule is C[C@@H]1CN(c2ncc(Cl)c(Nc3ccc4c(c3)c3c(c(=O)n4C)OCC(F)(F)[C@H](C4CC4)N3)n2)CC[C@H]1CN1CCN(c2ccc3c(C4CCC(=O)NC4=O)nn(C)c3c2)CC1. The second-order valence-corrected chi connectivity index (χ2v) is 18.2. The minimum atomic E-state index is -3.13. The van der Waals surface area contributed by atoms with Crippen LogP contribution in [0.2, 0.25) is 5.02 Å². The summed E-state index contributed by atoms with van der Waals surface area (Å²) in [4.78, 5) is 54.3. The van der Waals surface area contributed by atoms with E-state index in [1.54, 1.807) is 19.3 Å². The molecule has 4 fully saturated rings. The van der Waals surface area contributed by atoms with Crippen LogP contribution in [0.15, 0.2) is 47.4 Å². The number of amides is 2. The van der Waals surface area contributed by atoms with Gasteiger partial charge in [0, 0.05) is 88.5 Å². The number of piperazine rings is 1. The number of ether oxygens (including phenoxy) is 1. The molecule has 7 heterocycles. The van der Waals surface area contributed by atoms with Crippen molar-refractivity contribution in [1.29, 1.82) is 0 Å². The molecular formula is C44H50ClF2N11O4. The second kappa shape index (κ2) is 15.7. The number of piperidine rings is 2. The summed E-state index contributed by atoms with van der Waals surface area (Å²) in [5.41, 5.74) is 3.84. The number of carbonyl (C=O) groups is 2. The van der Waals surface area contributed by atoms with E-state index in [1.807, 2.05) is 23.9 Å². The highest BCUT2D eigenvalue weighted by molar-refractivity contribution is 6.33. The summed E-state index contributed by atoms with van der Waals surface area (Å²) in [6.45, 7) is 7.78. The van der Waals surface area contributed by atoms with Crippen molar-refractivity contribution in [2.45, 2.75) is 56.9 Å². The summed E-state index contributed by atoms with van der Waals surface area (Å²) in [7, 11) is 3.51. The van der Waals surface area contributed by atoms with E-state index in [0.717, 1.165) is 74.5 Å². The number of alkyl halides is 2. The van der Waals surface area contributed by atoms with Gasteiger partial charge in [-0.1, -0.05) is 18.5 Å². The molecule has 3 aromatic heterocycles. The second-order valence-electron chi connectivity index (χ2n) is 17.8. The Bertz CT molecular complexity index is 2660. The fourth-order valence-electron chi connectivity index (χ4n) is 9.87. The van der Waals surface area contributed by atoms with Crippen molar-refractivity contribution < 1.29 is 23.1 Å². The number of halogens is 3. The van der Waals surface area contributed by atoms with E-state index in [0.29, 0.717) is 70.9 Å². The molecule has 0 radical (unpaired) electrons. The lowest BCUT2D eigenvalue weighted by molar-refractivity contribution is -0.134. The molecular weight excluding hydrogens is 820 g/mol. The van der Waals surface area contributed by atoms with Gasteiger partial charge in [0.25, 0.3) is 5.56 Å². The van der Waals surface area contributed by atoms with Crippen LogP contribution in [-0.2, 0) is 23.7 Å². The third-order valence-electron chi connectivity index (χ3n) is 13.6. The van der Waals surface area contributed by atoms with Gasteiger partial charge in [-0.15, -0.1) is 0 Å². The van der Waals surface area contributed by atoms with E-state index < -0.39 is 30.0 Å². The van der Waals surface area contributed by atoms with Crippen LogP contribution >= 0.6 is 11.6 Å². The first-order chi connectivity index (χ1) is 29.8.